The third-order valence-corrected chi connectivity index (χ3v) is 3.57. The van der Waals surface area contributed by atoms with Crippen molar-refractivity contribution >= 4 is 0 Å². The summed E-state index contributed by atoms with van der Waals surface area (Å²) in [6.45, 7) is 6.48. The molecular formula is C16H23N3. The van der Waals surface area contributed by atoms with Crippen molar-refractivity contribution < 1.29 is 0 Å². The van der Waals surface area contributed by atoms with Gasteiger partial charge in [0.2, 0.25) is 0 Å². The minimum atomic E-state index is 0.156. The van der Waals surface area contributed by atoms with Crippen molar-refractivity contribution in [1.29, 1.82) is 0 Å². The number of nitrogens with one attached hydrogen (secondary N) is 1. The van der Waals surface area contributed by atoms with Gasteiger partial charge in [-0.15, -0.1) is 0 Å². The third-order valence-electron chi connectivity index (χ3n) is 3.57. The number of hydrogen-bond acceptors (Lipinski definition) is 2. The van der Waals surface area contributed by atoms with Crippen LogP contribution in [0.25, 0.3) is 0 Å². The smallest absolute Gasteiger partial charge is 0.109 e. The second kappa shape index (κ2) is 6.02. The van der Waals surface area contributed by atoms with Crippen LogP contribution in [0.5, 0.6) is 0 Å². The molecule has 0 radical (unpaired) electrons. The number of rotatable bonds is 6. The number of nitrogens with zero attached hydrogens (tertiary/aromatic N) is 2. The van der Waals surface area contributed by atoms with Crippen molar-refractivity contribution in [3.05, 3.63) is 54.1 Å². The zero-order valence-corrected chi connectivity index (χ0v) is 12.1. The number of benzene rings is 1. The molecule has 0 bridgehead atoms. The molecule has 0 atom stereocenters. The first-order chi connectivity index (χ1) is 9.09. The molecule has 0 saturated carbocycles. The zero-order chi connectivity index (χ0) is 13.7. The lowest BCUT2D eigenvalue weighted by Gasteiger charge is -2.25. The number of aromatic nitrogens is 2. The molecule has 0 aliphatic rings. The van der Waals surface area contributed by atoms with Crippen LogP contribution in [0, 0.1) is 0 Å². The van der Waals surface area contributed by atoms with E-state index in [1.165, 1.54) is 5.56 Å². The van der Waals surface area contributed by atoms with Crippen molar-refractivity contribution in [1.82, 2.24) is 14.9 Å². The first-order valence-corrected chi connectivity index (χ1v) is 6.82. The lowest BCUT2D eigenvalue weighted by atomic mass is 9.84. The summed E-state index contributed by atoms with van der Waals surface area (Å²) in [6.07, 6.45) is 4.81. The Morgan fingerprint density at radius 3 is 2.58 bits per heavy atom. The van der Waals surface area contributed by atoms with E-state index in [0.29, 0.717) is 0 Å². The number of imidazole rings is 1. The van der Waals surface area contributed by atoms with Crippen LogP contribution in [0.3, 0.4) is 0 Å². The summed E-state index contributed by atoms with van der Waals surface area (Å²) in [5.41, 5.74) is 1.53. The second-order valence-corrected chi connectivity index (χ2v) is 5.63. The molecule has 0 fully saturated rings. The molecule has 1 aromatic heterocycles. The van der Waals surface area contributed by atoms with Crippen LogP contribution in [0.4, 0.5) is 0 Å². The van der Waals surface area contributed by atoms with Gasteiger partial charge in [0.25, 0.3) is 0 Å². The fourth-order valence-electron chi connectivity index (χ4n) is 2.23. The fourth-order valence-corrected chi connectivity index (χ4v) is 2.23. The predicted molar refractivity (Wildman–Crippen MR) is 79.2 cm³/mol. The van der Waals surface area contributed by atoms with Crippen LogP contribution in [0.15, 0.2) is 42.7 Å². The monoisotopic (exact) mass is 257 g/mol. The van der Waals surface area contributed by atoms with Crippen LogP contribution in [0.1, 0.15) is 25.2 Å². The molecule has 2 aromatic rings. The molecule has 3 nitrogen and oxygen atoms in total. The standard InChI is InChI=1S/C16H23N3/c1-16(2,14-7-5-4-6-8-14)13-17-10-9-15-18-11-12-19(15)3/h4-8,11-12,17H,9-10,13H2,1-3H3. The molecule has 19 heavy (non-hydrogen) atoms. The van der Waals surface area contributed by atoms with Crippen LogP contribution < -0.4 is 5.32 Å². The Labute approximate surface area is 115 Å². The first-order valence-electron chi connectivity index (χ1n) is 6.82. The number of hydrogen-bond donors (Lipinski definition) is 1. The highest BCUT2D eigenvalue weighted by atomic mass is 15.0. The van der Waals surface area contributed by atoms with Crippen molar-refractivity contribution in [3.63, 3.8) is 0 Å². The van der Waals surface area contributed by atoms with Crippen LogP contribution in [-0.4, -0.2) is 22.6 Å². The van der Waals surface area contributed by atoms with E-state index >= 15 is 0 Å². The summed E-state index contributed by atoms with van der Waals surface area (Å²) in [4.78, 5) is 4.33. The van der Waals surface area contributed by atoms with Crippen LogP contribution in [0.2, 0.25) is 0 Å². The molecule has 3 heteroatoms. The summed E-state index contributed by atoms with van der Waals surface area (Å²) >= 11 is 0. The topological polar surface area (TPSA) is 29.9 Å². The van der Waals surface area contributed by atoms with E-state index in [4.69, 9.17) is 0 Å². The highest BCUT2D eigenvalue weighted by molar-refractivity contribution is 5.23. The van der Waals surface area contributed by atoms with Crippen molar-refractivity contribution in [2.45, 2.75) is 25.7 Å². The van der Waals surface area contributed by atoms with Crippen molar-refractivity contribution in [2.24, 2.45) is 7.05 Å². The summed E-state index contributed by atoms with van der Waals surface area (Å²) in [7, 11) is 2.04. The largest absolute Gasteiger partial charge is 0.338 e. The second-order valence-electron chi connectivity index (χ2n) is 5.63. The Morgan fingerprint density at radius 2 is 1.95 bits per heavy atom. The minimum absolute atomic E-state index is 0.156. The Kier molecular flexibility index (Phi) is 4.38. The molecule has 1 heterocycles. The molecule has 1 aromatic carbocycles. The van der Waals surface area contributed by atoms with E-state index in [2.05, 4.69) is 59.0 Å². The van der Waals surface area contributed by atoms with Crippen LogP contribution in [-0.2, 0) is 18.9 Å². The Balaban J connectivity index is 1.81. The maximum Gasteiger partial charge on any atom is 0.109 e. The molecule has 0 unspecified atom stereocenters. The summed E-state index contributed by atoms with van der Waals surface area (Å²) in [6, 6.07) is 10.7. The highest BCUT2D eigenvalue weighted by Gasteiger charge is 2.19. The lowest BCUT2D eigenvalue weighted by Crippen LogP contribution is -2.34. The van der Waals surface area contributed by atoms with Gasteiger partial charge in [0.05, 0.1) is 0 Å². The maximum absolute atomic E-state index is 4.33. The van der Waals surface area contributed by atoms with Gasteiger partial charge in [-0.25, -0.2) is 4.98 Å². The van der Waals surface area contributed by atoms with E-state index in [-0.39, 0.29) is 5.41 Å². The van der Waals surface area contributed by atoms with Gasteiger partial charge in [-0.2, -0.15) is 0 Å². The summed E-state index contributed by atoms with van der Waals surface area (Å²) in [5, 5.41) is 3.54. The van der Waals surface area contributed by atoms with Gasteiger partial charge in [0.15, 0.2) is 0 Å². The summed E-state index contributed by atoms with van der Waals surface area (Å²) in [5.74, 6) is 1.13. The lowest BCUT2D eigenvalue weighted by molar-refractivity contribution is 0.469. The summed E-state index contributed by atoms with van der Waals surface area (Å²) < 4.78 is 2.07. The molecule has 1 N–H and O–H groups in total. The molecule has 2 rings (SSSR count). The normalized spacial score (nSPS) is 11.7. The SMILES string of the molecule is Cn1ccnc1CCNCC(C)(C)c1ccccc1. The molecule has 0 spiro atoms. The van der Waals surface area contributed by atoms with Gasteiger partial charge in [0, 0.05) is 44.4 Å². The van der Waals surface area contributed by atoms with Crippen LogP contribution >= 0.6 is 0 Å². The zero-order valence-electron chi connectivity index (χ0n) is 12.1. The Morgan fingerprint density at radius 1 is 1.21 bits per heavy atom. The number of aryl methyl sites for hydroxylation is 1. The van der Waals surface area contributed by atoms with E-state index in [0.717, 1.165) is 25.3 Å². The predicted octanol–water partition coefficient (Wildman–Crippen LogP) is 2.53. The van der Waals surface area contributed by atoms with Gasteiger partial charge < -0.3 is 9.88 Å². The first kappa shape index (κ1) is 13.8. The van der Waals surface area contributed by atoms with Gasteiger partial charge >= 0.3 is 0 Å². The molecule has 0 amide bonds. The highest BCUT2D eigenvalue weighted by Crippen LogP contribution is 2.21. The van der Waals surface area contributed by atoms with Gasteiger partial charge in [-0.05, 0) is 5.56 Å². The van der Waals surface area contributed by atoms with E-state index in [1.807, 2.05) is 19.4 Å². The Bertz CT molecular complexity index is 500. The molecular weight excluding hydrogens is 234 g/mol. The molecule has 0 saturated heterocycles. The average molecular weight is 257 g/mol. The molecule has 102 valence electrons. The fraction of sp³-hybridized carbons (Fsp3) is 0.438. The van der Waals surface area contributed by atoms with E-state index < -0.39 is 0 Å². The van der Waals surface area contributed by atoms with E-state index in [1.54, 1.807) is 0 Å². The molecule has 0 aliphatic heterocycles. The average Bonchev–Trinajstić information content (AvgIpc) is 2.81. The van der Waals surface area contributed by atoms with Gasteiger partial charge in [-0.3, -0.25) is 0 Å². The van der Waals surface area contributed by atoms with E-state index in [9.17, 15) is 0 Å². The maximum atomic E-state index is 4.33. The van der Waals surface area contributed by atoms with Gasteiger partial charge in [-0.1, -0.05) is 44.2 Å². The van der Waals surface area contributed by atoms with Gasteiger partial charge in [0.1, 0.15) is 5.82 Å². The quantitative estimate of drug-likeness (QED) is 0.806. The third kappa shape index (κ3) is 3.67. The van der Waals surface area contributed by atoms with Crippen molar-refractivity contribution in [3.8, 4) is 0 Å². The van der Waals surface area contributed by atoms with Crippen molar-refractivity contribution in [2.75, 3.05) is 13.1 Å². The molecule has 0 aliphatic carbocycles. The minimum Gasteiger partial charge on any atom is -0.338 e. The Hall–Kier alpha value is -1.61.